The minimum absolute atomic E-state index is 0.0333. The molecule has 2 atom stereocenters. The summed E-state index contributed by atoms with van der Waals surface area (Å²) in [5.41, 5.74) is 6.99. The van der Waals surface area contributed by atoms with Crippen LogP contribution in [0.3, 0.4) is 0 Å². The molecule has 2 heterocycles. The van der Waals surface area contributed by atoms with Gasteiger partial charge in [-0.3, -0.25) is 29.4 Å². The van der Waals surface area contributed by atoms with Crippen LogP contribution in [0, 0.1) is 0 Å². The van der Waals surface area contributed by atoms with Crippen molar-refractivity contribution in [3.63, 3.8) is 0 Å². The van der Waals surface area contributed by atoms with Crippen molar-refractivity contribution in [2.24, 2.45) is 5.73 Å². The van der Waals surface area contributed by atoms with Gasteiger partial charge < -0.3 is 11.1 Å². The maximum absolute atomic E-state index is 12.8. The maximum Gasteiger partial charge on any atom is 0.262 e. The van der Waals surface area contributed by atoms with Crippen molar-refractivity contribution in [3.05, 3.63) is 34.9 Å². The van der Waals surface area contributed by atoms with Crippen LogP contribution in [0.25, 0.3) is 0 Å². The first-order valence-corrected chi connectivity index (χ1v) is 8.20. The van der Waals surface area contributed by atoms with Crippen molar-refractivity contribution in [1.29, 1.82) is 0 Å². The van der Waals surface area contributed by atoms with Gasteiger partial charge in [0.05, 0.1) is 11.1 Å². The Bertz CT molecular complexity index is 759. The molecule has 0 bridgehead atoms. The Kier molecular flexibility index (Phi) is 4.65. The van der Waals surface area contributed by atoms with Crippen LogP contribution in [-0.4, -0.2) is 47.2 Å². The third-order valence-electron chi connectivity index (χ3n) is 4.34. The summed E-state index contributed by atoms with van der Waals surface area (Å²) in [7, 11) is 0. The standard InChI is InChI=1S/C17H20N4O4/c1-9(18)7-19-8-10-3-2-4-11-14(10)17(25)21(16(11)24)12-5-6-13(22)20-15(12)23/h2-4,9,12,19H,5-8,18H2,1H3,(H,20,22,23). The number of amides is 4. The van der Waals surface area contributed by atoms with Gasteiger partial charge in [0.15, 0.2) is 0 Å². The van der Waals surface area contributed by atoms with E-state index in [-0.39, 0.29) is 24.4 Å². The van der Waals surface area contributed by atoms with Crippen LogP contribution in [0.2, 0.25) is 0 Å². The summed E-state index contributed by atoms with van der Waals surface area (Å²) in [5, 5.41) is 5.33. The van der Waals surface area contributed by atoms with E-state index in [1.165, 1.54) is 0 Å². The lowest BCUT2D eigenvalue weighted by Gasteiger charge is -2.27. The van der Waals surface area contributed by atoms with E-state index >= 15 is 0 Å². The number of nitrogens with zero attached hydrogens (tertiary/aromatic N) is 1. The van der Waals surface area contributed by atoms with Crippen molar-refractivity contribution in [2.45, 2.75) is 38.4 Å². The molecule has 8 heteroatoms. The predicted molar refractivity (Wildman–Crippen MR) is 88.5 cm³/mol. The molecule has 0 radical (unpaired) electrons. The number of fused-ring (bicyclic) bond motifs is 1. The van der Waals surface area contributed by atoms with Crippen LogP contribution >= 0.6 is 0 Å². The normalized spacial score (nSPS) is 21.4. The molecule has 2 aliphatic rings. The highest BCUT2D eigenvalue weighted by molar-refractivity contribution is 6.24. The fraction of sp³-hybridized carbons (Fsp3) is 0.412. The summed E-state index contributed by atoms with van der Waals surface area (Å²) in [5.74, 6) is -1.99. The van der Waals surface area contributed by atoms with Crippen LogP contribution < -0.4 is 16.4 Å². The SMILES string of the molecule is CC(N)CNCc1cccc2c1C(=O)N(C1CCC(=O)NC1=O)C2=O. The molecule has 0 aliphatic carbocycles. The zero-order chi connectivity index (χ0) is 18.1. The lowest BCUT2D eigenvalue weighted by atomic mass is 10.0. The monoisotopic (exact) mass is 344 g/mol. The van der Waals surface area contributed by atoms with E-state index in [1.807, 2.05) is 6.92 Å². The zero-order valence-electron chi connectivity index (χ0n) is 13.9. The molecule has 2 aliphatic heterocycles. The van der Waals surface area contributed by atoms with Gasteiger partial charge in [-0.15, -0.1) is 0 Å². The number of imide groups is 2. The molecule has 1 fully saturated rings. The first-order chi connectivity index (χ1) is 11.9. The molecule has 1 saturated heterocycles. The fourth-order valence-electron chi connectivity index (χ4n) is 3.17. The number of hydrogen-bond acceptors (Lipinski definition) is 6. The molecule has 0 saturated carbocycles. The van der Waals surface area contributed by atoms with E-state index in [4.69, 9.17) is 5.73 Å². The first kappa shape index (κ1) is 17.2. The topological polar surface area (TPSA) is 122 Å². The summed E-state index contributed by atoms with van der Waals surface area (Å²) in [4.78, 5) is 49.8. The second-order valence-corrected chi connectivity index (χ2v) is 6.40. The smallest absolute Gasteiger partial charge is 0.262 e. The number of nitrogens with two attached hydrogens (primary N) is 1. The van der Waals surface area contributed by atoms with Crippen molar-refractivity contribution in [1.82, 2.24) is 15.5 Å². The minimum atomic E-state index is -0.949. The third kappa shape index (κ3) is 3.18. The number of carbonyl (C=O) groups is 4. The predicted octanol–water partition coefficient (Wildman–Crippen LogP) is -0.475. The maximum atomic E-state index is 12.8. The average molecular weight is 344 g/mol. The van der Waals surface area contributed by atoms with Crippen LogP contribution in [0.15, 0.2) is 18.2 Å². The van der Waals surface area contributed by atoms with Gasteiger partial charge in [-0.1, -0.05) is 12.1 Å². The van der Waals surface area contributed by atoms with E-state index in [2.05, 4.69) is 10.6 Å². The van der Waals surface area contributed by atoms with Gasteiger partial charge in [0.1, 0.15) is 6.04 Å². The second-order valence-electron chi connectivity index (χ2n) is 6.40. The van der Waals surface area contributed by atoms with Crippen molar-refractivity contribution < 1.29 is 19.2 Å². The van der Waals surface area contributed by atoms with Crippen LogP contribution in [0.1, 0.15) is 46.0 Å². The summed E-state index contributed by atoms with van der Waals surface area (Å²) >= 11 is 0. The van der Waals surface area contributed by atoms with Gasteiger partial charge >= 0.3 is 0 Å². The summed E-state index contributed by atoms with van der Waals surface area (Å²) < 4.78 is 0. The summed E-state index contributed by atoms with van der Waals surface area (Å²) in [6.45, 7) is 2.83. The Hall–Kier alpha value is -2.58. The molecule has 3 rings (SSSR count). The molecule has 1 aromatic carbocycles. The minimum Gasteiger partial charge on any atom is -0.327 e. The second kappa shape index (κ2) is 6.73. The Morgan fingerprint density at radius 3 is 2.72 bits per heavy atom. The van der Waals surface area contributed by atoms with Gasteiger partial charge in [-0.25, -0.2) is 0 Å². The van der Waals surface area contributed by atoms with E-state index in [0.29, 0.717) is 24.2 Å². The lowest BCUT2D eigenvalue weighted by molar-refractivity contribution is -0.136. The Morgan fingerprint density at radius 2 is 2.04 bits per heavy atom. The average Bonchev–Trinajstić information content (AvgIpc) is 2.80. The van der Waals surface area contributed by atoms with Crippen molar-refractivity contribution in [2.75, 3.05) is 6.54 Å². The van der Waals surface area contributed by atoms with E-state index in [0.717, 1.165) is 4.90 Å². The molecule has 8 nitrogen and oxygen atoms in total. The van der Waals surface area contributed by atoms with E-state index in [1.54, 1.807) is 18.2 Å². The highest BCUT2D eigenvalue weighted by atomic mass is 16.2. The summed E-state index contributed by atoms with van der Waals surface area (Å²) in [6.07, 6.45) is 0.251. The molecule has 1 aromatic rings. The molecule has 2 unspecified atom stereocenters. The molecule has 4 N–H and O–H groups in total. The molecule has 25 heavy (non-hydrogen) atoms. The van der Waals surface area contributed by atoms with Crippen LogP contribution in [0.5, 0.6) is 0 Å². The van der Waals surface area contributed by atoms with Gasteiger partial charge in [-0.05, 0) is 25.0 Å². The van der Waals surface area contributed by atoms with Crippen molar-refractivity contribution in [3.8, 4) is 0 Å². The summed E-state index contributed by atoms with van der Waals surface area (Å²) in [6, 6.07) is 4.08. The molecule has 0 aromatic heterocycles. The number of hydrogen-bond donors (Lipinski definition) is 3. The molecular formula is C17H20N4O4. The quantitative estimate of drug-likeness (QED) is 0.621. The van der Waals surface area contributed by atoms with E-state index < -0.39 is 29.7 Å². The molecule has 0 spiro atoms. The number of benzene rings is 1. The van der Waals surface area contributed by atoms with E-state index in [9.17, 15) is 19.2 Å². The van der Waals surface area contributed by atoms with Gasteiger partial charge in [0.2, 0.25) is 11.8 Å². The van der Waals surface area contributed by atoms with Gasteiger partial charge in [-0.2, -0.15) is 0 Å². The highest BCUT2D eigenvalue weighted by Gasteiger charge is 2.45. The Morgan fingerprint density at radius 1 is 1.28 bits per heavy atom. The third-order valence-corrected chi connectivity index (χ3v) is 4.34. The largest absolute Gasteiger partial charge is 0.327 e. The number of nitrogens with one attached hydrogen (secondary N) is 2. The lowest BCUT2D eigenvalue weighted by Crippen LogP contribution is -2.54. The van der Waals surface area contributed by atoms with Gasteiger partial charge in [0, 0.05) is 25.6 Å². The molecule has 4 amide bonds. The van der Waals surface area contributed by atoms with Gasteiger partial charge in [0.25, 0.3) is 11.8 Å². The number of carbonyl (C=O) groups excluding carboxylic acids is 4. The van der Waals surface area contributed by atoms with Crippen molar-refractivity contribution >= 4 is 23.6 Å². The van der Waals surface area contributed by atoms with Crippen LogP contribution in [0.4, 0.5) is 0 Å². The fourth-order valence-corrected chi connectivity index (χ4v) is 3.17. The Balaban J connectivity index is 1.86. The number of piperidine rings is 1. The van der Waals surface area contributed by atoms with Crippen LogP contribution in [-0.2, 0) is 16.1 Å². The molecule has 132 valence electrons. The first-order valence-electron chi connectivity index (χ1n) is 8.20. The molecular weight excluding hydrogens is 324 g/mol. The Labute approximate surface area is 144 Å². The highest BCUT2D eigenvalue weighted by Crippen LogP contribution is 2.29. The number of rotatable bonds is 5. The zero-order valence-corrected chi connectivity index (χ0v) is 13.9.